The van der Waals surface area contributed by atoms with E-state index in [0.29, 0.717) is 5.69 Å². The maximum atomic E-state index is 6.20. The normalized spacial score (nSPS) is 12.5. The van der Waals surface area contributed by atoms with E-state index in [4.69, 9.17) is 10.5 Å². The van der Waals surface area contributed by atoms with E-state index in [-0.39, 0.29) is 0 Å². The highest BCUT2D eigenvalue weighted by Gasteiger charge is 2.11. The van der Waals surface area contributed by atoms with Gasteiger partial charge in [-0.2, -0.15) is 0 Å². The van der Waals surface area contributed by atoms with Crippen molar-refractivity contribution in [2.75, 3.05) is 12.3 Å². The quantitative estimate of drug-likeness (QED) is 0.295. The molecule has 3 heterocycles. The van der Waals surface area contributed by atoms with Gasteiger partial charge in [0.15, 0.2) is 0 Å². The molecule has 2 N–H and O–H groups in total. The Labute approximate surface area is 157 Å². The predicted octanol–water partition coefficient (Wildman–Crippen LogP) is 4.01. The summed E-state index contributed by atoms with van der Waals surface area (Å²) in [6, 6.07) is 13.9. The topological polar surface area (TPSA) is 61.0 Å². The van der Waals surface area contributed by atoms with E-state index in [2.05, 4.69) is 27.9 Å². The number of nitrogens with two attached hydrogens (primary N) is 1. The van der Waals surface area contributed by atoms with Crippen molar-refractivity contribution in [2.24, 2.45) is 0 Å². The van der Waals surface area contributed by atoms with Gasteiger partial charge in [0, 0.05) is 28.4 Å². The maximum Gasteiger partial charge on any atom is 0.122 e. The summed E-state index contributed by atoms with van der Waals surface area (Å²) in [6.45, 7) is 2.79. The molecule has 1 aliphatic heterocycles. The van der Waals surface area contributed by atoms with Gasteiger partial charge in [-0.15, -0.1) is 0 Å². The smallest absolute Gasteiger partial charge is 0.122 e. The van der Waals surface area contributed by atoms with Gasteiger partial charge < -0.3 is 10.5 Å². The lowest BCUT2D eigenvalue weighted by Crippen LogP contribution is -1.94. The first kappa shape index (κ1) is 15.7. The van der Waals surface area contributed by atoms with Crippen LogP contribution in [-0.4, -0.2) is 16.6 Å². The summed E-state index contributed by atoms with van der Waals surface area (Å²) in [5, 5.41) is 1.96. The monoisotopic (exact) mass is 351 g/mol. The van der Waals surface area contributed by atoms with Gasteiger partial charge in [-0.05, 0) is 60.4 Å². The number of fused-ring (bicyclic) bond motifs is 4. The number of hydrogen-bond donors (Lipinski definition) is 1. The fraction of sp³-hybridized carbons (Fsp3) is 0.130. The number of aryl methyl sites for hydroxylation is 1. The highest BCUT2D eigenvalue weighted by Crippen LogP contribution is 2.29. The first-order valence-electron chi connectivity index (χ1n) is 8.91. The van der Waals surface area contributed by atoms with Gasteiger partial charge in [0.1, 0.15) is 11.4 Å². The molecule has 0 aliphatic carbocycles. The van der Waals surface area contributed by atoms with Crippen LogP contribution < -0.4 is 10.5 Å². The van der Waals surface area contributed by atoms with Gasteiger partial charge in [0.25, 0.3) is 0 Å². The average molecular weight is 351 g/mol. The molecule has 2 aromatic heterocycles. The third kappa shape index (κ3) is 2.65. The molecule has 0 spiro atoms. The first-order valence-corrected chi connectivity index (χ1v) is 8.91. The third-order valence-electron chi connectivity index (χ3n) is 4.95. The largest absolute Gasteiger partial charge is 0.493 e. The van der Waals surface area contributed by atoms with Crippen LogP contribution in [0.3, 0.4) is 0 Å². The van der Waals surface area contributed by atoms with Crippen LogP contribution in [0.25, 0.3) is 21.8 Å². The van der Waals surface area contributed by atoms with Crippen molar-refractivity contribution in [1.82, 2.24) is 9.97 Å². The molecule has 0 amide bonds. The zero-order chi connectivity index (χ0) is 18.4. The molecule has 0 radical (unpaired) electrons. The number of benzene rings is 2. The van der Waals surface area contributed by atoms with Crippen LogP contribution in [0, 0.1) is 18.8 Å². The Balaban J connectivity index is 1.58. The van der Waals surface area contributed by atoms with E-state index >= 15 is 0 Å². The summed E-state index contributed by atoms with van der Waals surface area (Å²) in [4.78, 5) is 9.23. The van der Waals surface area contributed by atoms with Crippen LogP contribution in [0.2, 0.25) is 0 Å². The molecule has 2 aromatic carbocycles. The van der Waals surface area contributed by atoms with Gasteiger partial charge in [0.2, 0.25) is 0 Å². The second-order valence-corrected chi connectivity index (χ2v) is 6.75. The average Bonchev–Trinajstić information content (AvgIpc) is 3.16. The minimum atomic E-state index is 0.714. The SMILES string of the molecule is Cc1ccc(N)c2c1ncc1nc(C#Cc3ccc4c(c3)CCO4)ccc12. The van der Waals surface area contributed by atoms with Crippen molar-refractivity contribution in [3.63, 3.8) is 0 Å². The minimum absolute atomic E-state index is 0.714. The van der Waals surface area contributed by atoms with E-state index in [1.807, 2.05) is 43.3 Å². The molecule has 130 valence electrons. The number of hydrogen-bond acceptors (Lipinski definition) is 4. The Kier molecular flexibility index (Phi) is 3.48. The van der Waals surface area contributed by atoms with Gasteiger partial charge in [-0.3, -0.25) is 4.98 Å². The van der Waals surface area contributed by atoms with Crippen LogP contribution in [0.4, 0.5) is 5.69 Å². The molecule has 4 heteroatoms. The van der Waals surface area contributed by atoms with Crippen LogP contribution in [0.1, 0.15) is 22.4 Å². The Morgan fingerprint density at radius 2 is 2.00 bits per heavy atom. The lowest BCUT2D eigenvalue weighted by molar-refractivity contribution is 0.357. The fourth-order valence-electron chi connectivity index (χ4n) is 3.54. The second-order valence-electron chi connectivity index (χ2n) is 6.75. The van der Waals surface area contributed by atoms with Crippen LogP contribution in [0.5, 0.6) is 5.75 Å². The zero-order valence-corrected chi connectivity index (χ0v) is 14.9. The number of nitrogens with zero attached hydrogens (tertiary/aromatic N) is 2. The molecule has 27 heavy (non-hydrogen) atoms. The zero-order valence-electron chi connectivity index (χ0n) is 14.9. The second kappa shape index (κ2) is 6.00. The molecule has 0 saturated carbocycles. The fourth-order valence-corrected chi connectivity index (χ4v) is 3.54. The Morgan fingerprint density at radius 3 is 2.93 bits per heavy atom. The molecular weight excluding hydrogens is 334 g/mol. The van der Waals surface area contributed by atoms with E-state index in [0.717, 1.165) is 57.4 Å². The highest BCUT2D eigenvalue weighted by molar-refractivity contribution is 6.11. The summed E-state index contributed by atoms with van der Waals surface area (Å²) in [5.74, 6) is 7.33. The van der Waals surface area contributed by atoms with E-state index < -0.39 is 0 Å². The summed E-state index contributed by atoms with van der Waals surface area (Å²) < 4.78 is 5.54. The number of ether oxygens (including phenoxy) is 1. The van der Waals surface area contributed by atoms with Crippen LogP contribution in [-0.2, 0) is 6.42 Å². The minimum Gasteiger partial charge on any atom is -0.493 e. The van der Waals surface area contributed by atoms with E-state index in [1.165, 1.54) is 5.56 Å². The van der Waals surface area contributed by atoms with E-state index in [1.54, 1.807) is 6.20 Å². The summed E-state index contributed by atoms with van der Waals surface area (Å²) in [6.07, 6.45) is 2.74. The Morgan fingerprint density at radius 1 is 1.07 bits per heavy atom. The molecule has 0 bridgehead atoms. The van der Waals surface area contributed by atoms with Crippen molar-refractivity contribution in [1.29, 1.82) is 0 Å². The van der Waals surface area contributed by atoms with Gasteiger partial charge >= 0.3 is 0 Å². The van der Waals surface area contributed by atoms with Gasteiger partial charge in [0.05, 0.1) is 23.8 Å². The molecule has 4 aromatic rings. The third-order valence-corrected chi connectivity index (χ3v) is 4.95. The Hall–Kier alpha value is -3.58. The highest BCUT2D eigenvalue weighted by atomic mass is 16.5. The van der Waals surface area contributed by atoms with Crippen LogP contribution in [0.15, 0.2) is 48.7 Å². The number of rotatable bonds is 0. The predicted molar refractivity (Wildman–Crippen MR) is 108 cm³/mol. The number of anilines is 1. The van der Waals surface area contributed by atoms with Crippen LogP contribution >= 0.6 is 0 Å². The van der Waals surface area contributed by atoms with Gasteiger partial charge in [-0.1, -0.05) is 12.0 Å². The molecule has 1 aliphatic rings. The lowest BCUT2D eigenvalue weighted by atomic mass is 10.0. The van der Waals surface area contributed by atoms with Gasteiger partial charge in [-0.25, -0.2) is 4.98 Å². The molecule has 0 fully saturated rings. The summed E-state index contributed by atoms with van der Waals surface area (Å²) in [7, 11) is 0. The molecule has 0 unspecified atom stereocenters. The lowest BCUT2D eigenvalue weighted by Gasteiger charge is -2.08. The first-order chi connectivity index (χ1) is 13.2. The van der Waals surface area contributed by atoms with Crippen molar-refractivity contribution in [3.8, 4) is 17.6 Å². The maximum absolute atomic E-state index is 6.20. The van der Waals surface area contributed by atoms with Crippen molar-refractivity contribution >= 4 is 27.5 Å². The molecule has 0 atom stereocenters. The van der Waals surface area contributed by atoms with E-state index in [9.17, 15) is 0 Å². The van der Waals surface area contributed by atoms with Crippen molar-refractivity contribution in [2.45, 2.75) is 13.3 Å². The standard InChI is InChI=1S/C23H17N3O/c1-14-2-8-19(24)22-18-7-6-17(26-20(18)13-25-23(14)22)5-3-15-4-9-21-16(12-15)10-11-27-21/h2,4,6-9,12-13H,10-11,24H2,1H3. The van der Waals surface area contributed by atoms with Crippen molar-refractivity contribution < 1.29 is 4.74 Å². The van der Waals surface area contributed by atoms with Crippen molar-refractivity contribution in [3.05, 3.63) is 71.0 Å². The Bertz CT molecular complexity index is 1280. The summed E-state index contributed by atoms with van der Waals surface area (Å²) in [5.41, 5.74) is 12.6. The molecule has 5 rings (SSSR count). The summed E-state index contributed by atoms with van der Waals surface area (Å²) >= 11 is 0. The molecule has 0 saturated heterocycles. The molecule has 4 nitrogen and oxygen atoms in total. The number of nitrogen functional groups attached to an aromatic ring is 1. The number of aromatic nitrogens is 2. The number of pyridine rings is 2. The molecular formula is C23H17N3O.